The molecule has 1 heterocycles. The highest BCUT2D eigenvalue weighted by atomic mass is 19.4. The topological polar surface area (TPSA) is 41.6 Å². The molecule has 5 rings (SSSR count). The van der Waals surface area contributed by atoms with E-state index in [-0.39, 0.29) is 5.91 Å². The highest BCUT2D eigenvalue weighted by molar-refractivity contribution is 5.94. The summed E-state index contributed by atoms with van der Waals surface area (Å²) in [6, 6.07) is 24.9. The summed E-state index contributed by atoms with van der Waals surface area (Å²) >= 11 is 0. The molecule has 1 aliphatic rings. The lowest BCUT2D eigenvalue weighted by Crippen LogP contribution is -2.34. The maximum absolute atomic E-state index is 12.8. The van der Waals surface area contributed by atoms with Crippen LogP contribution in [0, 0.1) is 0 Å². The zero-order valence-corrected chi connectivity index (χ0v) is 24.6. The summed E-state index contributed by atoms with van der Waals surface area (Å²) in [4.78, 5) is 15.1. The first-order valence-electron chi connectivity index (χ1n) is 15.3. The molecule has 1 saturated heterocycles. The number of carbonyl (C=O) groups excluding carboxylic acids is 1. The highest BCUT2D eigenvalue weighted by Gasteiger charge is 2.30. The van der Waals surface area contributed by atoms with Crippen molar-refractivity contribution in [3.05, 3.63) is 102 Å². The van der Waals surface area contributed by atoms with Crippen molar-refractivity contribution in [1.82, 2.24) is 10.2 Å². The average Bonchev–Trinajstić information content (AvgIpc) is 3.03. The van der Waals surface area contributed by atoms with Crippen LogP contribution in [0.25, 0.3) is 21.9 Å². The van der Waals surface area contributed by atoms with Gasteiger partial charge < -0.3 is 15.0 Å². The molecule has 7 heteroatoms. The maximum Gasteiger partial charge on any atom is 0.416 e. The molecular formula is C36H39F3N2O2. The lowest BCUT2D eigenvalue weighted by Gasteiger charge is -2.33. The third-order valence-corrected chi connectivity index (χ3v) is 8.27. The second kappa shape index (κ2) is 14.1. The fourth-order valence-electron chi connectivity index (χ4n) is 5.84. The van der Waals surface area contributed by atoms with E-state index in [0.717, 1.165) is 81.8 Å². The number of hydrogen-bond acceptors (Lipinski definition) is 3. The predicted molar refractivity (Wildman–Crippen MR) is 167 cm³/mol. The number of alkyl halides is 3. The smallest absolute Gasteiger partial charge is 0.416 e. The van der Waals surface area contributed by atoms with Crippen LogP contribution < -0.4 is 10.1 Å². The minimum atomic E-state index is -4.36. The maximum atomic E-state index is 12.8. The molecular weight excluding hydrogens is 549 g/mol. The van der Waals surface area contributed by atoms with E-state index in [0.29, 0.717) is 23.6 Å². The molecule has 4 aromatic carbocycles. The Morgan fingerprint density at radius 1 is 0.884 bits per heavy atom. The lowest BCUT2D eigenvalue weighted by atomic mass is 9.87. The van der Waals surface area contributed by atoms with E-state index < -0.39 is 11.7 Å². The third kappa shape index (κ3) is 7.77. The van der Waals surface area contributed by atoms with Crippen LogP contribution in [0.3, 0.4) is 0 Å². The minimum absolute atomic E-state index is 0.142. The van der Waals surface area contributed by atoms with E-state index in [1.807, 2.05) is 0 Å². The normalized spacial score (nSPS) is 14.6. The van der Waals surface area contributed by atoms with Gasteiger partial charge in [0.25, 0.3) is 5.91 Å². The average molecular weight is 589 g/mol. The number of hydrogen-bond donors (Lipinski definition) is 1. The number of piperidine rings is 1. The standard InChI is InChI=1S/C36H39F3N2O2/c1-2-25-43-34-32-8-4-3-7-28(32)15-18-33(34)29-19-23-41(24-20-29)22-6-5-21-40-35(42)30-11-9-26(10-12-30)27-13-16-31(17-14-27)36(37,38)39/h3-4,7-18,29H,2,5-6,19-25H2,1H3,(H,40,42). The van der Waals surface area contributed by atoms with Crippen molar-refractivity contribution in [2.75, 3.05) is 32.8 Å². The number of halogens is 3. The summed E-state index contributed by atoms with van der Waals surface area (Å²) in [6.45, 7) is 6.60. The van der Waals surface area contributed by atoms with E-state index in [9.17, 15) is 18.0 Å². The molecule has 0 aromatic heterocycles. The van der Waals surface area contributed by atoms with Gasteiger partial charge in [-0.1, -0.05) is 67.6 Å². The lowest BCUT2D eigenvalue weighted by molar-refractivity contribution is -0.137. The molecule has 0 unspecified atom stereocenters. The quantitative estimate of drug-likeness (QED) is 0.178. The summed E-state index contributed by atoms with van der Waals surface area (Å²) in [7, 11) is 0. The number of nitrogens with zero attached hydrogens (tertiary/aromatic N) is 1. The molecule has 1 fully saturated rings. The molecule has 4 nitrogen and oxygen atoms in total. The Bertz CT molecular complexity index is 1490. The largest absolute Gasteiger partial charge is 0.493 e. The van der Waals surface area contributed by atoms with Crippen LogP contribution in [-0.2, 0) is 6.18 Å². The Morgan fingerprint density at radius 2 is 1.56 bits per heavy atom. The van der Waals surface area contributed by atoms with Crippen LogP contribution in [0.1, 0.15) is 66.4 Å². The molecule has 43 heavy (non-hydrogen) atoms. The Morgan fingerprint density at radius 3 is 2.23 bits per heavy atom. The second-order valence-electron chi connectivity index (χ2n) is 11.3. The van der Waals surface area contributed by atoms with Crippen molar-refractivity contribution in [3.8, 4) is 16.9 Å². The third-order valence-electron chi connectivity index (χ3n) is 8.27. The van der Waals surface area contributed by atoms with Crippen LogP contribution in [0.15, 0.2) is 84.9 Å². The molecule has 1 amide bonds. The molecule has 226 valence electrons. The van der Waals surface area contributed by atoms with Crippen molar-refractivity contribution in [2.24, 2.45) is 0 Å². The van der Waals surface area contributed by atoms with Crippen LogP contribution in [0.4, 0.5) is 13.2 Å². The summed E-state index contributed by atoms with van der Waals surface area (Å²) in [5.41, 5.74) is 2.63. The Balaban J connectivity index is 1.04. The van der Waals surface area contributed by atoms with E-state index in [2.05, 4.69) is 53.5 Å². The summed E-state index contributed by atoms with van der Waals surface area (Å²) in [6.07, 6.45) is 0.761. The van der Waals surface area contributed by atoms with E-state index in [1.54, 1.807) is 24.3 Å². The SMILES string of the molecule is CCCOc1c(C2CCN(CCCCNC(=O)c3ccc(-c4ccc(C(F)(F)F)cc4)cc3)CC2)ccc2ccccc12. The molecule has 0 aliphatic carbocycles. The van der Waals surface area contributed by atoms with Gasteiger partial charge in [0.05, 0.1) is 12.2 Å². The van der Waals surface area contributed by atoms with Crippen molar-refractivity contribution >= 4 is 16.7 Å². The summed E-state index contributed by atoms with van der Waals surface area (Å²) < 4.78 is 44.7. The number of likely N-dealkylation sites (tertiary alicyclic amines) is 1. The molecule has 1 N–H and O–H groups in total. The van der Waals surface area contributed by atoms with Gasteiger partial charge in [-0.15, -0.1) is 0 Å². The number of carbonyl (C=O) groups is 1. The van der Waals surface area contributed by atoms with Gasteiger partial charge in [0.2, 0.25) is 0 Å². The molecule has 0 radical (unpaired) electrons. The number of amides is 1. The molecule has 0 spiro atoms. The number of ether oxygens (including phenoxy) is 1. The Hall–Kier alpha value is -3.84. The van der Waals surface area contributed by atoms with Gasteiger partial charge in [0.1, 0.15) is 5.75 Å². The monoisotopic (exact) mass is 588 g/mol. The summed E-state index contributed by atoms with van der Waals surface area (Å²) in [5.74, 6) is 1.41. The predicted octanol–water partition coefficient (Wildman–Crippen LogP) is 8.70. The van der Waals surface area contributed by atoms with Gasteiger partial charge in [0, 0.05) is 17.5 Å². The number of fused-ring (bicyclic) bond motifs is 1. The minimum Gasteiger partial charge on any atom is -0.493 e. The van der Waals surface area contributed by atoms with Crippen LogP contribution >= 0.6 is 0 Å². The molecule has 4 aromatic rings. The van der Waals surface area contributed by atoms with Gasteiger partial charge in [-0.05, 0) is 104 Å². The molecule has 0 atom stereocenters. The fourth-order valence-corrected chi connectivity index (χ4v) is 5.84. The van der Waals surface area contributed by atoms with Crippen molar-refractivity contribution in [2.45, 2.75) is 51.1 Å². The van der Waals surface area contributed by atoms with E-state index in [1.165, 1.54) is 28.5 Å². The molecule has 1 aliphatic heterocycles. The second-order valence-corrected chi connectivity index (χ2v) is 11.3. The van der Waals surface area contributed by atoms with Crippen LogP contribution in [0.5, 0.6) is 5.75 Å². The molecule has 0 bridgehead atoms. The van der Waals surface area contributed by atoms with Crippen LogP contribution in [-0.4, -0.2) is 43.6 Å². The number of unbranched alkanes of at least 4 members (excludes halogenated alkanes) is 1. The summed E-state index contributed by atoms with van der Waals surface area (Å²) in [5, 5.41) is 5.41. The highest BCUT2D eigenvalue weighted by Crippen LogP contribution is 2.39. The van der Waals surface area contributed by atoms with E-state index >= 15 is 0 Å². The zero-order valence-electron chi connectivity index (χ0n) is 24.6. The van der Waals surface area contributed by atoms with Crippen molar-refractivity contribution in [3.63, 3.8) is 0 Å². The Kier molecular flexibility index (Phi) is 10.0. The van der Waals surface area contributed by atoms with Gasteiger partial charge in [0.15, 0.2) is 0 Å². The van der Waals surface area contributed by atoms with Gasteiger partial charge in [-0.3, -0.25) is 4.79 Å². The molecule has 0 saturated carbocycles. The van der Waals surface area contributed by atoms with Gasteiger partial charge >= 0.3 is 6.18 Å². The number of nitrogens with one attached hydrogen (secondary N) is 1. The first-order valence-corrected chi connectivity index (χ1v) is 15.3. The first kappa shape index (κ1) is 30.6. The fraction of sp³-hybridized carbons (Fsp3) is 0.361. The zero-order chi connectivity index (χ0) is 30.2. The Labute approximate surface area is 251 Å². The van der Waals surface area contributed by atoms with Gasteiger partial charge in [-0.2, -0.15) is 13.2 Å². The van der Waals surface area contributed by atoms with Crippen molar-refractivity contribution in [1.29, 1.82) is 0 Å². The van der Waals surface area contributed by atoms with Gasteiger partial charge in [-0.25, -0.2) is 0 Å². The van der Waals surface area contributed by atoms with Crippen LogP contribution in [0.2, 0.25) is 0 Å². The number of rotatable bonds is 11. The van der Waals surface area contributed by atoms with E-state index in [4.69, 9.17) is 4.74 Å². The number of benzene rings is 4. The van der Waals surface area contributed by atoms with Crippen molar-refractivity contribution < 1.29 is 22.7 Å². The first-order chi connectivity index (χ1) is 20.8.